The summed E-state index contributed by atoms with van der Waals surface area (Å²) in [6.45, 7) is 6.67. The van der Waals surface area contributed by atoms with Gasteiger partial charge in [0.05, 0.1) is 5.39 Å². The lowest BCUT2D eigenvalue weighted by Crippen LogP contribution is -2.08. The normalized spacial score (nSPS) is 10.9. The minimum absolute atomic E-state index is 0.696. The maximum Gasteiger partial charge on any atom is 0.226 e. The second-order valence-corrected chi connectivity index (χ2v) is 5.86. The topological polar surface area (TPSA) is 59.1 Å². The van der Waals surface area contributed by atoms with E-state index in [4.69, 9.17) is 4.74 Å². The zero-order chi connectivity index (χ0) is 14.4. The van der Waals surface area contributed by atoms with Gasteiger partial charge < -0.3 is 15.4 Å². The molecular weight excluding hydrogens is 272 g/mol. The standard InChI is InChI=1S/C14H22N4OS/c1-4-15-14-17-12(16-7-5-6-8-19-3)11-9-10(2)20-13(11)18-14/h9H,4-8H2,1-3H3,(H2,15,16,17,18). The summed E-state index contributed by atoms with van der Waals surface area (Å²) >= 11 is 1.70. The summed E-state index contributed by atoms with van der Waals surface area (Å²) in [6.07, 6.45) is 2.12. The van der Waals surface area contributed by atoms with Crippen LogP contribution in [0.2, 0.25) is 0 Å². The molecule has 0 bridgehead atoms. The second-order valence-electron chi connectivity index (χ2n) is 4.63. The maximum atomic E-state index is 5.06. The van der Waals surface area contributed by atoms with Crippen LogP contribution in [0.4, 0.5) is 11.8 Å². The number of thiophene rings is 1. The first-order valence-electron chi connectivity index (χ1n) is 6.99. The zero-order valence-electron chi connectivity index (χ0n) is 12.3. The fourth-order valence-corrected chi connectivity index (χ4v) is 2.87. The first kappa shape index (κ1) is 15.0. The van der Waals surface area contributed by atoms with E-state index in [0.717, 1.165) is 48.6 Å². The monoisotopic (exact) mass is 294 g/mol. The molecule has 0 aliphatic rings. The molecule has 0 saturated heterocycles. The van der Waals surface area contributed by atoms with Gasteiger partial charge in [0, 0.05) is 31.7 Å². The van der Waals surface area contributed by atoms with Gasteiger partial charge in [-0.15, -0.1) is 11.3 Å². The van der Waals surface area contributed by atoms with Crippen LogP contribution in [0.3, 0.4) is 0 Å². The molecule has 0 aromatic carbocycles. The van der Waals surface area contributed by atoms with Crippen LogP contribution < -0.4 is 10.6 Å². The summed E-state index contributed by atoms with van der Waals surface area (Å²) < 4.78 is 5.06. The van der Waals surface area contributed by atoms with E-state index in [1.54, 1.807) is 18.4 Å². The van der Waals surface area contributed by atoms with Gasteiger partial charge in [-0.2, -0.15) is 4.98 Å². The number of fused-ring (bicyclic) bond motifs is 1. The smallest absolute Gasteiger partial charge is 0.226 e. The maximum absolute atomic E-state index is 5.06. The largest absolute Gasteiger partial charge is 0.385 e. The molecule has 2 aromatic rings. The van der Waals surface area contributed by atoms with Gasteiger partial charge in [-0.3, -0.25) is 0 Å². The van der Waals surface area contributed by atoms with Gasteiger partial charge in [-0.25, -0.2) is 4.98 Å². The van der Waals surface area contributed by atoms with E-state index in [2.05, 4.69) is 33.6 Å². The molecule has 0 aliphatic carbocycles. The van der Waals surface area contributed by atoms with Gasteiger partial charge in [0.15, 0.2) is 0 Å². The van der Waals surface area contributed by atoms with E-state index in [9.17, 15) is 0 Å². The first-order valence-corrected chi connectivity index (χ1v) is 7.81. The number of unbranched alkanes of at least 4 members (excludes halogenated alkanes) is 1. The number of hydrogen-bond donors (Lipinski definition) is 2. The van der Waals surface area contributed by atoms with E-state index < -0.39 is 0 Å². The Morgan fingerprint density at radius 3 is 2.85 bits per heavy atom. The molecule has 6 heteroatoms. The van der Waals surface area contributed by atoms with Crippen LogP contribution in [0, 0.1) is 6.92 Å². The molecule has 0 unspecified atom stereocenters. The van der Waals surface area contributed by atoms with E-state index in [1.807, 2.05) is 6.92 Å². The van der Waals surface area contributed by atoms with Gasteiger partial charge in [0.25, 0.3) is 0 Å². The van der Waals surface area contributed by atoms with Crippen LogP contribution >= 0.6 is 11.3 Å². The lowest BCUT2D eigenvalue weighted by molar-refractivity contribution is 0.194. The predicted octanol–water partition coefficient (Wildman–Crippen LogP) is 3.27. The molecule has 0 atom stereocenters. The zero-order valence-corrected chi connectivity index (χ0v) is 13.1. The van der Waals surface area contributed by atoms with Crippen molar-refractivity contribution in [2.24, 2.45) is 0 Å². The van der Waals surface area contributed by atoms with Crippen molar-refractivity contribution in [1.82, 2.24) is 9.97 Å². The molecule has 0 radical (unpaired) electrons. The third-order valence-electron chi connectivity index (χ3n) is 2.92. The van der Waals surface area contributed by atoms with Crippen molar-refractivity contribution in [3.05, 3.63) is 10.9 Å². The molecular formula is C14H22N4OS. The highest BCUT2D eigenvalue weighted by atomic mass is 32.1. The Hall–Kier alpha value is -1.40. The van der Waals surface area contributed by atoms with Gasteiger partial charge in [-0.05, 0) is 32.8 Å². The summed E-state index contributed by atoms with van der Waals surface area (Å²) in [5.74, 6) is 1.62. The fourth-order valence-electron chi connectivity index (χ4n) is 1.99. The lowest BCUT2D eigenvalue weighted by Gasteiger charge is -2.09. The summed E-state index contributed by atoms with van der Waals surface area (Å²) in [7, 11) is 1.73. The van der Waals surface area contributed by atoms with E-state index in [1.165, 1.54) is 4.88 Å². The molecule has 2 heterocycles. The molecule has 2 N–H and O–H groups in total. The van der Waals surface area contributed by atoms with E-state index in [-0.39, 0.29) is 0 Å². The van der Waals surface area contributed by atoms with Crippen molar-refractivity contribution in [3.63, 3.8) is 0 Å². The number of hydrogen-bond acceptors (Lipinski definition) is 6. The minimum Gasteiger partial charge on any atom is -0.385 e. The van der Waals surface area contributed by atoms with Crippen molar-refractivity contribution in [3.8, 4) is 0 Å². The average Bonchev–Trinajstić information content (AvgIpc) is 2.79. The Labute approximate surface area is 123 Å². The number of methoxy groups -OCH3 is 1. The number of nitrogens with zero attached hydrogens (tertiary/aromatic N) is 2. The Bertz CT molecular complexity index is 555. The number of aromatic nitrogens is 2. The number of aryl methyl sites for hydroxylation is 1. The van der Waals surface area contributed by atoms with E-state index >= 15 is 0 Å². The third kappa shape index (κ3) is 3.80. The van der Waals surface area contributed by atoms with Crippen molar-refractivity contribution in [2.45, 2.75) is 26.7 Å². The molecule has 0 saturated carbocycles. The first-order chi connectivity index (χ1) is 9.74. The highest BCUT2D eigenvalue weighted by Crippen LogP contribution is 2.29. The van der Waals surface area contributed by atoms with Crippen LogP contribution in [0.1, 0.15) is 24.6 Å². The average molecular weight is 294 g/mol. The summed E-state index contributed by atoms with van der Waals surface area (Å²) in [4.78, 5) is 11.4. The molecule has 0 amide bonds. The Morgan fingerprint density at radius 1 is 1.25 bits per heavy atom. The SMILES string of the molecule is CCNc1nc(NCCCCOC)c2cc(C)sc2n1. The molecule has 0 fully saturated rings. The molecule has 110 valence electrons. The summed E-state index contributed by atoms with van der Waals surface area (Å²) in [5, 5.41) is 7.72. The molecule has 2 aromatic heterocycles. The van der Waals surface area contributed by atoms with Crippen molar-refractivity contribution in [1.29, 1.82) is 0 Å². The fraction of sp³-hybridized carbons (Fsp3) is 0.571. The minimum atomic E-state index is 0.696. The number of rotatable bonds is 8. The van der Waals surface area contributed by atoms with Crippen LogP contribution in [0.15, 0.2) is 6.07 Å². The quantitative estimate of drug-likeness (QED) is 0.732. The predicted molar refractivity (Wildman–Crippen MR) is 85.9 cm³/mol. The molecule has 2 rings (SSSR count). The molecule has 5 nitrogen and oxygen atoms in total. The van der Waals surface area contributed by atoms with E-state index in [0.29, 0.717) is 5.95 Å². The highest BCUT2D eigenvalue weighted by Gasteiger charge is 2.09. The molecule has 0 spiro atoms. The number of nitrogens with one attached hydrogen (secondary N) is 2. The van der Waals surface area contributed by atoms with Gasteiger partial charge in [-0.1, -0.05) is 0 Å². The van der Waals surface area contributed by atoms with Crippen molar-refractivity contribution in [2.75, 3.05) is 37.4 Å². The Morgan fingerprint density at radius 2 is 2.10 bits per heavy atom. The van der Waals surface area contributed by atoms with Crippen molar-refractivity contribution >= 4 is 33.3 Å². The highest BCUT2D eigenvalue weighted by molar-refractivity contribution is 7.18. The van der Waals surface area contributed by atoms with Gasteiger partial charge in [0.2, 0.25) is 5.95 Å². The van der Waals surface area contributed by atoms with Crippen LogP contribution in [0.25, 0.3) is 10.2 Å². The Balaban J connectivity index is 2.12. The summed E-state index contributed by atoms with van der Waals surface area (Å²) in [5.41, 5.74) is 0. The van der Waals surface area contributed by atoms with Crippen LogP contribution in [0.5, 0.6) is 0 Å². The second kappa shape index (κ2) is 7.40. The lowest BCUT2D eigenvalue weighted by atomic mass is 10.3. The number of anilines is 2. The third-order valence-corrected chi connectivity index (χ3v) is 3.86. The van der Waals surface area contributed by atoms with Gasteiger partial charge >= 0.3 is 0 Å². The Kier molecular flexibility index (Phi) is 5.55. The summed E-state index contributed by atoms with van der Waals surface area (Å²) in [6, 6.07) is 2.15. The van der Waals surface area contributed by atoms with Crippen molar-refractivity contribution < 1.29 is 4.74 Å². The molecule has 20 heavy (non-hydrogen) atoms. The molecule has 0 aliphatic heterocycles. The van der Waals surface area contributed by atoms with Crippen LogP contribution in [-0.4, -0.2) is 36.8 Å². The van der Waals surface area contributed by atoms with Gasteiger partial charge in [0.1, 0.15) is 10.6 Å². The number of ether oxygens (including phenoxy) is 1. The van der Waals surface area contributed by atoms with Crippen LogP contribution in [-0.2, 0) is 4.74 Å².